The zero-order chi connectivity index (χ0) is 10.0. The zero-order valence-corrected chi connectivity index (χ0v) is 7.75. The second-order valence-electron chi connectivity index (χ2n) is 2.65. The van der Waals surface area contributed by atoms with Crippen molar-refractivity contribution < 1.29 is 9.90 Å². The monoisotopic (exact) mass is 181 g/mol. The first kappa shape index (κ1) is 9.44. The van der Waals surface area contributed by atoms with Crippen molar-refractivity contribution in [1.29, 1.82) is 0 Å². The third kappa shape index (κ3) is 1.74. The molecule has 0 aromatic carbocycles. The summed E-state index contributed by atoms with van der Waals surface area (Å²) in [6, 6.07) is 0. The summed E-state index contributed by atoms with van der Waals surface area (Å²) in [6.07, 6.45) is 0. The van der Waals surface area contributed by atoms with E-state index in [1.54, 1.807) is 20.9 Å². The molecule has 0 bridgehead atoms. The third-order valence-electron chi connectivity index (χ3n) is 1.75. The number of hydrogen-bond acceptors (Lipinski definition) is 4. The largest absolute Gasteiger partial charge is 0.476 e. The number of anilines is 1. The fourth-order valence-corrected chi connectivity index (χ4v) is 0.927. The molecular formula is C8H11N3O2. The van der Waals surface area contributed by atoms with Crippen LogP contribution in [0, 0.1) is 13.8 Å². The maximum atomic E-state index is 10.7. The topological polar surface area (TPSA) is 75.1 Å². The summed E-state index contributed by atoms with van der Waals surface area (Å²) in [7, 11) is 1.62. The predicted octanol–water partition coefficient (Wildman–Crippen LogP) is 0.833. The highest BCUT2D eigenvalue weighted by Crippen LogP contribution is 2.12. The van der Waals surface area contributed by atoms with Gasteiger partial charge in [-0.3, -0.25) is 0 Å². The van der Waals surface area contributed by atoms with Gasteiger partial charge in [-0.1, -0.05) is 0 Å². The number of nitrogens with zero attached hydrogens (tertiary/aromatic N) is 2. The number of aromatic nitrogens is 2. The highest BCUT2D eigenvalue weighted by molar-refractivity contribution is 5.90. The molecule has 13 heavy (non-hydrogen) atoms. The molecule has 0 fully saturated rings. The van der Waals surface area contributed by atoms with E-state index < -0.39 is 5.97 Å². The van der Waals surface area contributed by atoms with Crippen LogP contribution in [0.2, 0.25) is 0 Å². The lowest BCUT2D eigenvalue weighted by Gasteiger charge is -2.06. The van der Waals surface area contributed by atoms with Gasteiger partial charge in [0, 0.05) is 7.05 Å². The average molecular weight is 181 g/mol. The van der Waals surface area contributed by atoms with E-state index in [1.807, 2.05) is 0 Å². The Morgan fingerprint density at radius 1 is 1.31 bits per heavy atom. The lowest BCUT2D eigenvalue weighted by atomic mass is 10.3. The van der Waals surface area contributed by atoms with E-state index in [0.29, 0.717) is 11.5 Å². The minimum Gasteiger partial charge on any atom is -0.476 e. The van der Waals surface area contributed by atoms with Gasteiger partial charge in [0.25, 0.3) is 0 Å². The highest BCUT2D eigenvalue weighted by Gasteiger charge is 2.13. The first-order valence-electron chi connectivity index (χ1n) is 3.82. The Kier molecular flexibility index (Phi) is 2.46. The Balaban J connectivity index is 3.33. The number of aryl methyl sites for hydroxylation is 2. The van der Waals surface area contributed by atoms with Gasteiger partial charge in [-0.05, 0) is 13.8 Å². The molecule has 0 spiro atoms. The molecule has 0 saturated heterocycles. The predicted molar refractivity (Wildman–Crippen MR) is 48.0 cm³/mol. The standard InChI is InChI=1S/C8H11N3O2/c1-4-5(2)11-7(9-3)6(10-4)8(12)13/h1-3H3,(H,9,11)(H,12,13). The van der Waals surface area contributed by atoms with Gasteiger partial charge in [0.2, 0.25) is 0 Å². The summed E-state index contributed by atoms with van der Waals surface area (Å²) < 4.78 is 0. The molecule has 5 nitrogen and oxygen atoms in total. The summed E-state index contributed by atoms with van der Waals surface area (Å²) in [4.78, 5) is 18.7. The highest BCUT2D eigenvalue weighted by atomic mass is 16.4. The minimum atomic E-state index is -1.07. The summed E-state index contributed by atoms with van der Waals surface area (Å²) in [6.45, 7) is 3.52. The van der Waals surface area contributed by atoms with E-state index in [4.69, 9.17) is 5.11 Å². The van der Waals surface area contributed by atoms with Crippen LogP contribution in [0.3, 0.4) is 0 Å². The van der Waals surface area contributed by atoms with Crippen molar-refractivity contribution in [1.82, 2.24) is 9.97 Å². The smallest absolute Gasteiger partial charge is 0.358 e. The normalized spacial score (nSPS) is 9.77. The van der Waals surface area contributed by atoms with Crippen LogP contribution in [0.5, 0.6) is 0 Å². The van der Waals surface area contributed by atoms with Crippen LogP contribution in [0.15, 0.2) is 0 Å². The number of hydrogen-bond donors (Lipinski definition) is 2. The Labute approximate surface area is 75.8 Å². The van der Waals surface area contributed by atoms with Crippen molar-refractivity contribution in [3.8, 4) is 0 Å². The molecule has 5 heteroatoms. The first-order chi connectivity index (χ1) is 6.06. The number of carboxylic acids is 1. The molecule has 0 unspecified atom stereocenters. The number of nitrogens with one attached hydrogen (secondary N) is 1. The SMILES string of the molecule is CNc1nc(C)c(C)nc1C(=O)O. The van der Waals surface area contributed by atoms with Gasteiger partial charge in [-0.2, -0.15) is 0 Å². The van der Waals surface area contributed by atoms with Crippen molar-refractivity contribution in [3.63, 3.8) is 0 Å². The molecule has 2 N–H and O–H groups in total. The van der Waals surface area contributed by atoms with E-state index in [1.165, 1.54) is 0 Å². The van der Waals surface area contributed by atoms with Gasteiger partial charge in [0.1, 0.15) is 0 Å². The Bertz CT molecular complexity index is 349. The van der Waals surface area contributed by atoms with Gasteiger partial charge in [-0.25, -0.2) is 14.8 Å². The van der Waals surface area contributed by atoms with Crippen LogP contribution in [0.4, 0.5) is 5.82 Å². The molecule has 1 rings (SSSR count). The summed E-state index contributed by atoms with van der Waals surface area (Å²) in [5.74, 6) is -0.768. The number of aromatic carboxylic acids is 1. The molecule has 0 amide bonds. The summed E-state index contributed by atoms with van der Waals surface area (Å²) >= 11 is 0. The van der Waals surface area contributed by atoms with Gasteiger partial charge >= 0.3 is 5.97 Å². The van der Waals surface area contributed by atoms with E-state index in [0.717, 1.165) is 5.69 Å². The molecule has 70 valence electrons. The van der Waals surface area contributed by atoms with E-state index in [-0.39, 0.29) is 5.69 Å². The van der Waals surface area contributed by atoms with Crippen LogP contribution in [-0.2, 0) is 0 Å². The molecule has 0 saturated carbocycles. The molecule has 1 heterocycles. The lowest BCUT2D eigenvalue weighted by Crippen LogP contribution is -2.10. The number of carboxylic acid groups (broad SMARTS) is 1. The quantitative estimate of drug-likeness (QED) is 0.706. The molecule has 0 aliphatic heterocycles. The second kappa shape index (κ2) is 3.38. The molecule has 0 aliphatic carbocycles. The Hall–Kier alpha value is -1.65. The van der Waals surface area contributed by atoms with Gasteiger partial charge in [-0.15, -0.1) is 0 Å². The second-order valence-corrected chi connectivity index (χ2v) is 2.65. The Morgan fingerprint density at radius 3 is 2.31 bits per heavy atom. The van der Waals surface area contributed by atoms with Crippen LogP contribution >= 0.6 is 0 Å². The van der Waals surface area contributed by atoms with Crippen LogP contribution in [0.1, 0.15) is 21.9 Å². The van der Waals surface area contributed by atoms with E-state index >= 15 is 0 Å². The van der Waals surface area contributed by atoms with Crippen molar-refractivity contribution >= 4 is 11.8 Å². The van der Waals surface area contributed by atoms with Crippen molar-refractivity contribution in [2.45, 2.75) is 13.8 Å². The molecule has 0 atom stereocenters. The average Bonchev–Trinajstić information content (AvgIpc) is 2.08. The van der Waals surface area contributed by atoms with E-state index in [9.17, 15) is 4.79 Å². The van der Waals surface area contributed by atoms with Crippen molar-refractivity contribution in [3.05, 3.63) is 17.1 Å². The lowest BCUT2D eigenvalue weighted by molar-refractivity contribution is 0.0691. The maximum absolute atomic E-state index is 10.7. The first-order valence-corrected chi connectivity index (χ1v) is 3.82. The van der Waals surface area contributed by atoms with E-state index in [2.05, 4.69) is 15.3 Å². The van der Waals surface area contributed by atoms with Crippen LogP contribution < -0.4 is 5.32 Å². The summed E-state index contributed by atoms with van der Waals surface area (Å²) in [5, 5.41) is 11.5. The number of rotatable bonds is 2. The van der Waals surface area contributed by atoms with Crippen LogP contribution in [0.25, 0.3) is 0 Å². The molecule has 0 aliphatic rings. The van der Waals surface area contributed by atoms with Crippen molar-refractivity contribution in [2.24, 2.45) is 0 Å². The Morgan fingerprint density at radius 2 is 1.85 bits per heavy atom. The van der Waals surface area contributed by atoms with Crippen molar-refractivity contribution in [2.75, 3.05) is 12.4 Å². The number of carbonyl (C=O) groups is 1. The third-order valence-corrected chi connectivity index (χ3v) is 1.75. The van der Waals surface area contributed by atoms with Gasteiger partial charge in [0.15, 0.2) is 11.5 Å². The molecule has 0 radical (unpaired) electrons. The molecule has 1 aromatic heterocycles. The van der Waals surface area contributed by atoms with Gasteiger partial charge < -0.3 is 10.4 Å². The van der Waals surface area contributed by atoms with Crippen LogP contribution in [-0.4, -0.2) is 28.1 Å². The van der Waals surface area contributed by atoms with Gasteiger partial charge in [0.05, 0.1) is 11.4 Å². The fraction of sp³-hybridized carbons (Fsp3) is 0.375. The molecular weight excluding hydrogens is 170 g/mol. The zero-order valence-electron chi connectivity index (χ0n) is 7.75. The fourth-order valence-electron chi connectivity index (χ4n) is 0.927. The summed E-state index contributed by atoms with van der Waals surface area (Å²) in [5.41, 5.74) is 1.33. The minimum absolute atomic E-state index is 0.0365. The molecule has 1 aromatic rings. The maximum Gasteiger partial charge on any atom is 0.358 e.